The number of para-hydroxylation sites is 2. The Balaban J connectivity index is 1.76. The van der Waals surface area contributed by atoms with Crippen molar-refractivity contribution in [2.75, 3.05) is 0 Å². The third-order valence-electron chi connectivity index (χ3n) is 6.08. The topological polar surface area (TPSA) is 4.93 Å². The molecule has 0 amide bonds. The quantitative estimate of drug-likeness (QED) is 0.265. The number of hydrogen-bond donors (Lipinski definition) is 0. The molecule has 152 valence electrons. The Kier molecular flexibility index (Phi) is 4.56. The average molecular weight is 430 g/mol. The van der Waals surface area contributed by atoms with Crippen LogP contribution in [0.3, 0.4) is 0 Å². The Morgan fingerprint density at radius 2 is 1.06 bits per heavy atom. The van der Waals surface area contributed by atoms with Gasteiger partial charge < -0.3 is 4.57 Å². The molecule has 0 radical (unpaired) electrons. The molecule has 0 atom stereocenters. The lowest BCUT2D eigenvalue weighted by atomic mass is 9.93. The second-order valence-electron chi connectivity index (χ2n) is 7.94. The Labute approximate surface area is 192 Å². The van der Waals surface area contributed by atoms with Gasteiger partial charge in [0.2, 0.25) is 0 Å². The van der Waals surface area contributed by atoms with Crippen LogP contribution in [0.25, 0.3) is 49.7 Å². The summed E-state index contributed by atoms with van der Waals surface area (Å²) in [6.45, 7) is 0. The van der Waals surface area contributed by atoms with Crippen LogP contribution in [0.15, 0.2) is 121 Å². The molecule has 0 aliphatic heterocycles. The maximum atomic E-state index is 6.25. The second kappa shape index (κ2) is 7.71. The predicted octanol–water partition coefficient (Wildman–Crippen LogP) is 8.77. The number of hydrogen-bond acceptors (Lipinski definition) is 0. The van der Waals surface area contributed by atoms with Gasteiger partial charge in [-0.05, 0) is 47.0 Å². The maximum Gasteiger partial charge on any atom is 0.0546 e. The maximum absolute atomic E-state index is 6.25. The van der Waals surface area contributed by atoms with Crippen molar-refractivity contribution in [1.29, 1.82) is 0 Å². The summed E-state index contributed by atoms with van der Waals surface area (Å²) >= 11 is 6.25. The number of rotatable bonds is 3. The lowest BCUT2D eigenvalue weighted by Crippen LogP contribution is -1.99. The molecule has 0 saturated heterocycles. The first-order valence-corrected chi connectivity index (χ1v) is 11.1. The van der Waals surface area contributed by atoms with E-state index in [0.29, 0.717) is 0 Å². The average Bonchev–Trinajstić information content (AvgIpc) is 3.19. The van der Waals surface area contributed by atoms with Gasteiger partial charge in [0.1, 0.15) is 0 Å². The summed E-state index contributed by atoms with van der Waals surface area (Å²) < 4.78 is 2.39. The molecule has 0 aliphatic rings. The summed E-state index contributed by atoms with van der Waals surface area (Å²) in [5, 5.41) is 3.26. The fraction of sp³-hybridized carbons (Fsp3) is 0. The van der Waals surface area contributed by atoms with Crippen molar-refractivity contribution < 1.29 is 0 Å². The molecule has 32 heavy (non-hydrogen) atoms. The van der Waals surface area contributed by atoms with E-state index < -0.39 is 0 Å². The molecule has 1 aromatic heterocycles. The van der Waals surface area contributed by atoms with Gasteiger partial charge in [0.25, 0.3) is 0 Å². The van der Waals surface area contributed by atoms with Crippen LogP contribution in [0, 0.1) is 0 Å². The van der Waals surface area contributed by atoms with Crippen LogP contribution in [-0.2, 0) is 0 Å². The van der Waals surface area contributed by atoms with Gasteiger partial charge in [0.15, 0.2) is 0 Å². The number of nitrogens with zero attached hydrogens (tertiary/aromatic N) is 1. The van der Waals surface area contributed by atoms with Gasteiger partial charge in [-0.2, -0.15) is 0 Å². The minimum absolute atomic E-state index is 0.740. The van der Waals surface area contributed by atoms with Crippen LogP contribution < -0.4 is 0 Å². The first-order chi connectivity index (χ1) is 15.8. The lowest BCUT2D eigenvalue weighted by molar-refractivity contribution is 1.18. The Morgan fingerprint density at radius 1 is 0.469 bits per heavy atom. The van der Waals surface area contributed by atoms with Crippen molar-refractivity contribution in [1.82, 2.24) is 4.57 Å². The third kappa shape index (κ3) is 3.02. The molecule has 0 aliphatic carbocycles. The van der Waals surface area contributed by atoms with Crippen LogP contribution in [0.2, 0.25) is 5.02 Å². The fourth-order valence-corrected chi connectivity index (χ4v) is 4.81. The zero-order valence-corrected chi connectivity index (χ0v) is 18.1. The summed E-state index contributed by atoms with van der Waals surface area (Å²) in [4.78, 5) is 0. The fourth-order valence-electron chi connectivity index (χ4n) is 4.69. The number of aromatic nitrogens is 1. The van der Waals surface area contributed by atoms with Crippen LogP contribution in [0.5, 0.6) is 0 Å². The van der Waals surface area contributed by atoms with Crippen LogP contribution in [0.4, 0.5) is 0 Å². The first-order valence-electron chi connectivity index (χ1n) is 10.7. The molecular formula is C30H20ClN. The predicted molar refractivity (Wildman–Crippen MR) is 137 cm³/mol. The van der Waals surface area contributed by atoms with Gasteiger partial charge in [0.05, 0.1) is 16.7 Å². The first kappa shape index (κ1) is 18.9. The van der Waals surface area contributed by atoms with Gasteiger partial charge >= 0.3 is 0 Å². The highest BCUT2D eigenvalue weighted by Crippen LogP contribution is 2.41. The van der Waals surface area contributed by atoms with E-state index in [2.05, 4.69) is 114 Å². The normalized spacial score (nSPS) is 11.3. The number of benzene rings is 5. The largest absolute Gasteiger partial charge is 0.309 e. The molecule has 0 unspecified atom stereocenters. The number of halogens is 1. The summed E-state index contributed by atoms with van der Waals surface area (Å²) in [5.41, 5.74) is 8.30. The summed E-state index contributed by atoms with van der Waals surface area (Å²) in [5.74, 6) is 0. The van der Waals surface area contributed by atoms with E-state index in [1.165, 1.54) is 38.5 Å². The molecule has 5 aromatic carbocycles. The molecule has 0 bridgehead atoms. The molecule has 0 saturated carbocycles. The SMILES string of the molecule is Clc1ccc(-c2c(-c3ccccc3)cccc2-n2c3ccccc3c3ccccc32)cc1. The second-order valence-corrected chi connectivity index (χ2v) is 8.38. The van der Waals surface area contributed by atoms with Gasteiger partial charge in [-0.3, -0.25) is 0 Å². The van der Waals surface area contributed by atoms with Crippen molar-refractivity contribution in [2.45, 2.75) is 0 Å². The smallest absolute Gasteiger partial charge is 0.0546 e. The number of fused-ring (bicyclic) bond motifs is 3. The zero-order valence-electron chi connectivity index (χ0n) is 17.4. The van der Waals surface area contributed by atoms with Crippen molar-refractivity contribution in [3.63, 3.8) is 0 Å². The van der Waals surface area contributed by atoms with Crippen molar-refractivity contribution in [3.05, 3.63) is 126 Å². The highest BCUT2D eigenvalue weighted by atomic mass is 35.5. The van der Waals surface area contributed by atoms with E-state index in [1.807, 2.05) is 12.1 Å². The molecule has 6 rings (SSSR count). The van der Waals surface area contributed by atoms with Crippen LogP contribution in [0.1, 0.15) is 0 Å². The molecule has 0 spiro atoms. The Morgan fingerprint density at radius 3 is 1.72 bits per heavy atom. The van der Waals surface area contributed by atoms with E-state index in [-0.39, 0.29) is 0 Å². The van der Waals surface area contributed by atoms with E-state index in [0.717, 1.165) is 16.3 Å². The van der Waals surface area contributed by atoms with Crippen LogP contribution in [-0.4, -0.2) is 4.57 Å². The van der Waals surface area contributed by atoms with Gasteiger partial charge in [-0.25, -0.2) is 0 Å². The Hall–Kier alpha value is -3.81. The van der Waals surface area contributed by atoms with Gasteiger partial charge in [-0.1, -0.05) is 103 Å². The summed E-state index contributed by atoms with van der Waals surface area (Å²) in [6, 6.07) is 42.6. The molecule has 0 fully saturated rings. The minimum atomic E-state index is 0.740. The molecular weight excluding hydrogens is 410 g/mol. The molecule has 1 nitrogen and oxygen atoms in total. The lowest BCUT2D eigenvalue weighted by Gasteiger charge is -2.18. The standard InChI is InChI=1S/C30H20ClN/c31-23-19-17-22(18-20-23)30-24(21-9-2-1-3-10-21)13-8-16-29(30)32-27-14-6-4-11-25(27)26-12-5-7-15-28(26)32/h1-20H. The van der Waals surface area contributed by atoms with E-state index >= 15 is 0 Å². The van der Waals surface area contributed by atoms with Gasteiger partial charge in [0, 0.05) is 21.4 Å². The highest BCUT2D eigenvalue weighted by molar-refractivity contribution is 6.30. The third-order valence-corrected chi connectivity index (χ3v) is 6.33. The summed E-state index contributed by atoms with van der Waals surface area (Å²) in [7, 11) is 0. The summed E-state index contributed by atoms with van der Waals surface area (Å²) in [6.07, 6.45) is 0. The van der Waals surface area contributed by atoms with E-state index in [1.54, 1.807) is 0 Å². The van der Waals surface area contributed by atoms with Crippen LogP contribution >= 0.6 is 11.6 Å². The zero-order chi connectivity index (χ0) is 21.5. The minimum Gasteiger partial charge on any atom is -0.309 e. The van der Waals surface area contributed by atoms with Crippen molar-refractivity contribution >= 4 is 33.4 Å². The monoisotopic (exact) mass is 429 g/mol. The van der Waals surface area contributed by atoms with Gasteiger partial charge in [-0.15, -0.1) is 0 Å². The molecule has 0 N–H and O–H groups in total. The van der Waals surface area contributed by atoms with E-state index in [4.69, 9.17) is 11.6 Å². The highest BCUT2D eigenvalue weighted by Gasteiger charge is 2.18. The van der Waals surface area contributed by atoms with E-state index in [9.17, 15) is 0 Å². The molecule has 1 heterocycles. The molecule has 2 heteroatoms. The van der Waals surface area contributed by atoms with Crippen molar-refractivity contribution in [2.24, 2.45) is 0 Å². The van der Waals surface area contributed by atoms with Crippen molar-refractivity contribution in [3.8, 4) is 27.9 Å². The molecule has 6 aromatic rings. The Bertz CT molecular complexity index is 1510.